The molecule has 2 heterocycles. The molecule has 0 aliphatic heterocycles. The molecule has 0 atom stereocenters. The Bertz CT molecular complexity index is 1250. The van der Waals surface area contributed by atoms with Crippen molar-refractivity contribution in [3.63, 3.8) is 0 Å². The average molecular weight is 526 g/mol. The van der Waals surface area contributed by atoms with Crippen molar-refractivity contribution in [1.29, 1.82) is 0 Å². The molecule has 0 unspecified atom stereocenters. The van der Waals surface area contributed by atoms with E-state index in [4.69, 9.17) is 11.6 Å². The van der Waals surface area contributed by atoms with Crippen LogP contribution in [0.15, 0.2) is 65.1 Å². The summed E-state index contributed by atoms with van der Waals surface area (Å²) in [4.78, 5) is 19.4. The Morgan fingerprint density at radius 1 is 1.06 bits per heavy atom. The number of amides is 1. The molecule has 2 aromatic carbocycles. The van der Waals surface area contributed by atoms with Crippen LogP contribution in [0.1, 0.15) is 53.6 Å². The van der Waals surface area contributed by atoms with Gasteiger partial charge in [0.05, 0.1) is 11.4 Å². The quantitative estimate of drug-likeness (QED) is 0.208. The Balaban J connectivity index is 1.54. The minimum absolute atomic E-state index is 0.00782. The van der Waals surface area contributed by atoms with E-state index in [9.17, 15) is 4.79 Å². The minimum atomic E-state index is 0.00782. The number of benzene rings is 2. The average Bonchev–Trinajstić information content (AvgIpc) is 3.50. The third-order valence-corrected chi connectivity index (χ3v) is 7.55. The Labute approximate surface area is 219 Å². The summed E-state index contributed by atoms with van der Waals surface area (Å²) in [5.74, 6) is 1.45. The van der Waals surface area contributed by atoms with Gasteiger partial charge in [-0.2, -0.15) is 0 Å². The van der Waals surface area contributed by atoms with Crippen molar-refractivity contribution in [2.75, 3.05) is 13.1 Å². The van der Waals surface area contributed by atoms with Gasteiger partial charge in [-0.1, -0.05) is 73.6 Å². The zero-order valence-electron chi connectivity index (χ0n) is 19.9. The molecule has 4 rings (SSSR count). The molecule has 35 heavy (non-hydrogen) atoms. The molecule has 4 aromatic rings. The predicted molar refractivity (Wildman–Crippen MR) is 144 cm³/mol. The molecule has 6 nitrogen and oxygen atoms in total. The highest BCUT2D eigenvalue weighted by Crippen LogP contribution is 2.28. The second-order valence-corrected chi connectivity index (χ2v) is 10.4. The highest BCUT2D eigenvalue weighted by molar-refractivity contribution is 7.98. The van der Waals surface area contributed by atoms with E-state index in [0.29, 0.717) is 22.9 Å². The molecule has 0 aliphatic carbocycles. The summed E-state index contributed by atoms with van der Waals surface area (Å²) in [6.07, 6.45) is 2.52. The highest BCUT2D eigenvalue weighted by atomic mass is 35.5. The number of aromatic nitrogens is 4. The number of carbonyl (C=O) groups is 1. The first-order valence-corrected chi connectivity index (χ1v) is 13.9. The molecular weight excluding hydrogens is 498 g/mol. The molecule has 0 aliphatic rings. The van der Waals surface area contributed by atoms with Gasteiger partial charge in [0.15, 0.2) is 5.16 Å². The van der Waals surface area contributed by atoms with Gasteiger partial charge in [-0.3, -0.25) is 9.36 Å². The summed E-state index contributed by atoms with van der Waals surface area (Å²) in [5.41, 5.74) is 2.60. The van der Waals surface area contributed by atoms with Crippen LogP contribution in [0.2, 0.25) is 5.02 Å². The van der Waals surface area contributed by atoms with Gasteiger partial charge in [-0.15, -0.1) is 21.5 Å². The van der Waals surface area contributed by atoms with E-state index in [1.807, 2.05) is 57.3 Å². The minimum Gasteiger partial charge on any atom is -0.337 e. The summed E-state index contributed by atoms with van der Waals surface area (Å²) < 4.78 is 2.05. The molecule has 0 N–H and O–H groups in total. The Kier molecular flexibility index (Phi) is 8.95. The standard InChI is InChI=1S/C26H28ClN5OS2/c1-3-13-31(14-4-2)25(33)22-17-34-24(28-22)18-35-26-30-29-23(15-19-9-6-5-7-10-19)32(26)21-12-8-11-20(27)16-21/h5-12,16-17H,3-4,13-15,18H2,1-2H3. The number of nitrogens with zero attached hydrogens (tertiary/aromatic N) is 5. The zero-order valence-corrected chi connectivity index (χ0v) is 22.2. The number of thioether (sulfide) groups is 1. The van der Waals surface area contributed by atoms with Gasteiger partial charge in [-0.05, 0) is 36.6 Å². The lowest BCUT2D eigenvalue weighted by Crippen LogP contribution is -2.32. The van der Waals surface area contributed by atoms with Crippen molar-refractivity contribution in [1.82, 2.24) is 24.6 Å². The highest BCUT2D eigenvalue weighted by Gasteiger charge is 2.19. The third-order valence-electron chi connectivity index (χ3n) is 5.34. The lowest BCUT2D eigenvalue weighted by molar-refractivity contribution is 0.0750. The number of carbonyl (C=O) groups excluding carboxylic acids is 1. The number of hydrogen-bond acceptors (Lipinski definition) is 6. The molecule has 182 valence electrons. The SMILES string of the molecule is CCCN(CCC)C(=O)c1csc(CSc2nnc(Cc3ccccc3)n2-c2cccc(Cl)c2)n1. The van der Waals surface area contributed by atoms with Gasteiger partial charge in [0.1, 0.15) is 16.5 Å². The molecule has 1 amide bonds. The van der Waals surface area contributed by atoms with Gasteiger partial charge in [0.25, 0.3) is 5.91 Å². The monoisotopic (exact) mass is 525 g/mol. The molecule has 2 aromatic heterocycles. The maximum atomic E-state index is 12.9. The summed E-state index contributed by atoms with van der Waals surface area (Å²) >= 11 is 9.36. The van der Waals surface area contributed by atoms with Crippen molar-refractivity contribution in [3.8, 4) is 5.69 Å². The largest absolute Gasteiger partial charge is 0.337 e. The molecule has 0 saturated carbocycles. The van der Waals surface area contributed by atoms with Crippen molar-refractivity contribution >= 4 is 40.6 Å². The van der Waals surface area contributed by atoms with Crippen LogP contribution in [0, 0.1) is 0 Å². The maximum Gasteiger partial charge on any atom is 0.273 e. The third kappa shape index (κ3) is 6.51. The summed E-state index contributed by atoms with van der Waals surface area (Å²) in [6, 6.07) is 17.9. The maximum absolute atomic E-state index is 12.9. The van der Waals surface area contributed by atoms with E-state index < -0.39 is 0 Å². The fourth-order valence-corrected chi connectivity index (χ4v) is 5.72. The molecule has 0 bridgehead atoms. The summed E-state index contributed by atoms with van der Waals surface area (Å²) in [5, 5.41) is 13.2. The van der Waals surface area contributed by atoms with Crippen molar-refractivity contribution in [3.05, 3.63) is 87.1 Å². The number of hydrogen-bond donors (Lipinski definition) is 0. The Morgan fingerprint density at radius 3 is 2.54 bits per heavy atom. The molecule has 0 saturated heterocycles. The lowest BCUT2D eigenvalue weighted by atomic mass is 10.1. The van der Waals surface area contributed by atoms with E-state index in [1.54, 1.807) is 11.8 Å². The Hall–Kier alpha value is -2.68. The number of halogens is 1. The molecular formula is C26H28ClN5OS2. The zero-order chi connectivity index (χ0) is 24.6. The van der Waals surface area contributed by atoms with Gasteiger partial charge in [-0.25, -0.2) is 4.98 Å². The van der Waals surface area contributed by atoms with Crippen LogP contribution in [0.25, 0.3) is 5.69 Å². The molecule has 0 fully saturated rings. The van der Waals surface area contributed by atoms with Crippen LogP contribution in [0.5, 0.6) is 0 Å². The summed E-state index contributed by atoms with van der Waals surface area (Å²) in [6.45, 7) is 5.67. The van der Waals surface area contributed by atoms with Gasteiger partial charge in [0.2, 0.25) is 0 Å². The first-order chi connectivity index (χ1) is 17.1. The van der Waals surface area contributed by atoms with Crippen molar-refractivity contribution < 1.29 is 4.79 Å². The van der Waals surface area contributed by atoms with Crippen LogP contribution < -0.4 is 0 Å². The smallest absolute Gasteiger partial charge is 0.273 e. The second-order valence-electron chi connectivity index (χ2n) is 8.08. The van der Waals surface area contributed by atoms with Crippen LogP contribution in [0.4, 0.5) is 0 Å². The van der Waals surface area contributed by atoms with E-state index in [1.165, 1.54) is 11.3 Å². The van der Waals surface area contributed by atoms with Crippen LogP contribution in [-0.2, 0) is 12.2 Å². The number of rotatable bonds is 11. The van der Waals surface area contributed by atoms with E-state index in [2.05, 4.69) is 41.2 Å². The molecule has 0 radical (unpaired) electrons. The van der Waals surface area contributed by atoms with Crippen LogP contribution in [0.3, 0.4) is 0 Å². The summed E-state index contributed by atoms with van der Waals surface area (Å²) in [7, 11) is 0. The van der Waals surface area contributed by atoms with E-state index in [0.717, 1.165) is 53.2 Å². The van der Waals surface area contributed by atoms with Gasteiger partial charge >= 0.3 is 0 Å². The normalized spacial score (nSPS) is 11.1. The van der Waals surface area contributed by atoms with E-state index in [-0.39, 0.29) is 5.91 Å². The van der Waals surface area contributed by atoms with Gasteiger partial charge in [0, 0.05) is 29.9 Å². The molecule has 9 heteroatoms. The predicted octanol–water partition coefficient (Wildman–Crippen LogP) is 6.52. The number of thiazole rings is 1. The van der Waals surface area contributed by atoms with Crippen LogP contribution >= 0.6 is 34.7 Å². The topological polar surface area (TPSA) is 63.9 Å². The van der Waals surface area contributed by atoms with Gasteiger partial charge < -0.3 is 4.90 Å². The fraction of sp³-hybridized carbons (Fsp3) is 0.308. The second kappa shape index (κ2) is 12.3. The van der Waals surface area contributed by atoms with Crippen LogP contribution in [-0.4, -0.2) is 43.6 Å². The first-order valence-electron chi connectivity index (χ1n) is 11.7. The van der Waals surface area contributed by atoms with Crippen molar-refractivity contribution in [2.24, 2.45) is 0 Å². The van der Waals surface area contributed by atoms with Crippen molar-refractivity contribution in [2.45, 2.75) is 44.0 Å². The lowest BCUT2D eigenvalue weighted by Gasteiger charge is -2.20. The Morgan fingerprint density at radius 2 is 1.83 bits per heavy atom. The molecule has 0 spiro atoms. The van der Waals surface area contributed by atoms with E-state index >= 15 is 0 Å². The first kappa shape index (κ1) is 25.4. The fourth-order valence-electron chi connectivity index (χ4n) is 3.78.